The standard InChI is InChI=1S/C18H20N6O2.C9H11N3O3/c1-22-16(14(11-20-22)18(26)23-9-4-10-23)17(25)19-7-6-13-12-24-8-3-2-5-15(24)21-13;1-11-7(9(14)15)6(5-10-11)8(13)12-3-2-4-12/h2-3,5,8,11-12H,4,6-7,9-10H2,1H3,(H,19,25);5H,2-4H2,1H3,(H,14,15). The number of hydrogen-bond donors (Lipinski definition) is 2. The Morgan fingerprint density at radius 2 is 1.46 bits per heavy atom. The van der Waals surface area contributed by atoms with Crippen molar-refractivity contribution in [2.45, 2.75) is 19.3 Å². The molecule has 0 aliphatic carbocycles. The number of aromatic nitrogens is 6. The zero-order valence-corrected chi connectivity index (χ0v) is 22.9. The van der Waals surface area contributed by atoms with E-state index in [0.717, 1.165) is 37.3 Å². The van der Waals surface area contributed by atoms with E-state index in [0.29, 0.717) is 37.3 Å². The average Bonchev–Trinajstić information content (AvgIpc) is 3.58. The maximum atomic E-state index is 12.6. The summed E-state index contributed by atoms with van der Waals surface area (Å²) in [6.07, 6.45) is 9.27. The molecule has 14 nitrogen and oxygen atoms in total. The van der Waals surface area contributed by atoms with Gasteiger partial charge in [0.2, 0.25) is 0 Å². The van der Waals surface area contributed by atoms with E-state index >= 15 is 0 Å². The first-order valence-electron chi connectivity index (χ1n) is 13.3. The van der Waals surface area contributed by atoms with Crippen molar-refractivity contribution in [2.24, 2.45) is 14.1 Å². The molecular weight excluding hydrogens is 530 g/mol. The largest absolute Gasteiger partial charge is 0.477 e. The molecule has 2 fully saturated rings. The highest BCUT2D eigenvalue weighted by Gasteiger charge is 2.29. The number of hydrogen-bond acceptors (Lipinski definition) is 7. The second-order valence-corrected chi connectivity index (χ2v) is 9.86. The first-order chi connectivity index (χ1) is 19.7. The van der Waals surface area contributed by atoms with Crippen LogP contribution >= 0.6 is 0 Å². The molecule has 0 radical (unpaired) electrons. The van der Waals surface area contributed by atoms with Crippen molar-refractivity contribution < 1.29 is 24.3 Å². The average molecular weight is 562 g/mol. The topological polar surface area (TPSA) is 160 Å². The molecule has 214 valence electrons. The number of carbonyl (C=O) groups is 4. The number of rotatable bonds is 7. The molecule has 2 N–H and O–H groups in total. The van der Waals surface area contributed by atoms with E-state index in [4.69, 9.17) is 5.11 Å². The Morgan fingerprint density at radius 3 is 2.00 bits per heavy atom. The summed E-state index contributed by atoms with van der Waals surface area (Å²) >= 11 is 0. The molecule has 2 saturated heterocycles. The zero-order valence-electron chi connectivity index (χ0n) is 22.9. The summed E-state index contributed by atoms with van der Waals surface area (Å²) in [5.74, 6) is -1.79. The van der Waals surface area contributed by atoms with E-state index in [1.165, 1.54) is 28.8 Å². The SMILES string of the molecule is Cn1ncc(C(=O)N2CCC2)c1C(=O)NCCc1cn2ccccc2n1.Cn1ncc(C(=O)N2CCC2)c1C(=O)O. The van der Waals surface area contributed by atoms with Crippen molar-refractivity contribution >= 4 is 29.3 Å². The van der Waals surface area contributed by atoms with Gasteiger partial charge in [0, 0.05) is 65.6 Å². The van der Waals surface area contributed by atoms with Gasteiger partial charge >= 0.3 is 5.97 Å². The van der Waals surface area contributed by atoms with Crippen LogP contribution < -0.4 is 5.32 Å². The summed E-state index contributed by atoms with van der Waals surface area (Å²) < 4.78 is 4.60. The lowest BCUT2D eigenvalue weighted by molar-refractivity contribution is 0.0621. The number of aromatic carboxylic acids is 1. The Labute approximate surface area is 235 Å². The van der Waals surface area contributed by atoms with Gasteiger partial charge in [0.25, 0.3) is 17.7 Å². The summed E-state index contributed by atoms with van der Waals surface area (Å²) in [5, 5.41) is 19.7. The van der Waals surface area contributed by atoms with Crippen LogP contribution in [0.15, 0.2) is 43.0 Å². The van der Waals surface area contributed by atoms with Crippen molar-refractivity contribution in [1.29, 1.82) is 0 Å². The summed E-state index contributed by atoms with van der Waals surface area (Å²) in [4.78, 5) is 55.5. The molecule has 0 saturated carbocycles. The van der Waals surface area contributed by atoms with Crippen LogP contribution in [0.4, 0.5) is 0 Å². The second-order valence-electron chi connectivity index (χ2n) is 9.86. The van der Waals surface area contributed by atoms with Crippen molar-refractivity contribution in [3.63, 3.8) is 0 Å². The lowest BCUT2D eigenvalue weighted by Gasteiger charge is -2.30. The predicted octanol–water partition coefficient (Wildman–Crippen LogP) is 0.850. The molecule has 4 aromatic heterocycles. The van der Waals surface area contributed by atoms with Crippen LogP contribution in [-0.2, 0) is 20.5 Å². The maximum Gasteiger partial charge on any atom is 0.354 e. The van der Waals surface area contributed by atoms with Crippen molar-refractivity contribution in [2.75, 3.05) is 32.7 Å². The highest BCUT2D eigenvalue weighted by atomic mass is 16.4. The number of likely N-dealkylation sites (tertiary alicyclic amines) is 2. The van der Waals surface area contributed by atoms with Gasteiger partial charge in [-0.15, -0.1) is 0 Å². The monoisotopic (exact) mass is 561 g/mol. The predicted molar refractivity (Wildman–Crippen MR) is 146 cm³/mol. The lowest BCUT2D eigenvalue weighted by atomic mass is 10.1. The first kappa shape index (κ1) is 27.6. The summed E-state index contributed by atoms with van der Waals surface area (Å²) in [5.41, 5.74) is 2.56. The first-order valence-corrected chi connectivity index (χ1v) is 13.3. The Bertz CT molecular complexity index is 1580. The molecule has 4 aromatic rings. The zero-order chi connectivity index (χ0) is 29.1. The molecule has 0 aromatic carbocycles. The van der Waals surface area contributed by atoms with Crippen LogP contribution in [0.3, 0.4) is 0 Å². The van der Waals surface area contributed by atoms with E-state index in [1.54, 1.807) is 16.8 Å². The summed E-state index contributed by atoms with van der Waals surface area (Å²) in [6.45, 7) is 3.32. The molecule has 6 heterocycles. The lowest BCUT2D eigenvalue weighted by Crippen LogP contribution is -2.43. The fourth-order valence-electron chi connectivity index (χ4n) is 4.59. The fourth-order valence-corrected chi connectivity index (χ4v) is 4.59. The number of aryl methyl sites for hydroxylation is 2. The minimum atomic E-state index is -1.13. The molecule has 3 amide bonds. The molecule has 0 spiro atoms. The third kappa shape index (κ3) is 5.66. The third-order valence-corrected chi connectivity index (χ3v) is 7.12. The molecular formula is C27H31N9O5. The Hall–Kier alpha value is -5.01. The Morgan fingerprint density at radius 1 is 0.878 bits per heavy atom. The number of nitrogens with zero attached hydrogens (tertiary/aromatic N) is 8. The van der Waals surface area contributed by atoms with Crippen LogP contribution in [0.5, 0.6) is 0 Å². The van der Waals surface area contributed by atoms with E-state index < -0.39 is 5.97 Å². The van der Waals surface area contributed by atoms with Gasteiger partial charge < -0.3 is 24.6 Å². The van der Waals surface area contributed by atoms with E-state index in [-0.39, 0.29) is 29.0 Å². The van der Waals surface area contributed by atoms with E-state index in [9.17, 15) is 19.2 Å². The smallest absolute Gasteiger partial charge is 0.354 e. The summed E-state index contributed by atoms with van der Waals surface area (Å²) in [6, 6.07) is 5.82. The molecule has 14 heteroatoms. The van der Waals surface area contributed by atoms with Gasteiger partial charge in [-0.25, -0.2) is 9.78 Å². The number of carboxylic acid groups (broad SMARTS) is 1. The van der Waals surface area contributed by atoms with Gasteiger partial charge in [0.05, 0.1) is 29.2 Å². The van der Waals surface area contributed by atoms with Gasteiger partial charge in [-0.1, -0.05) is 6.07 Å². The molecule has 2 aliphatic heterocycles. The quantitative estimate of drug-likeness (QED) is 0.336. The van der Waals surface area contributed by atoms with Crippen LogP contribution in [0.2, 0.25) is 0 Å². The minimum Gasteiger partial charge on any atom is -0.477 e. The van der Waals surface area contributed by atoms with Crippen LogP contribution in [-0.4, -0.2) is 100 Å². The molecule has 0 unspecified atom stereocenters. The van der Waals surface area contributed by atoms with Crippen molar-refractivity contribution in [3.05, 3.63) is 71.2 Å². The molecule has 2 aliphatic rings. The normalized spacial score (nSPS) is 14.1. The number of nitrogens with one attached hydrogen (secondary N) is 1. The highest BCUT2D eigenvalue weighted by molar-refractivity contribution is 6.06. The van der Waals surface area contributed by atoms with Crippen LogP contribution in [0.25, 0.3) is 5.65 Å². The van der Waals surface area contributed by atoms with Crippen LogP contribution in [0.1, 0.15) is 60.2 Å². The number of carboxylic acids is 1. The Kier molecular flexibility index (Phi) is 7.81. The molecule has 6 rings (SSSR count). The van der Waals surface area contributed by atoms with Gasteiger partial charge in [-0.05, 0) is 25.0 Å². The molecule has 0 atom stereocenters. The Balaban J connectivity index is 0.000000191. The van der Waals surface area contributed by atoms with Gasteiger partial charge in [-0.3, -0.25) is 23.7 Å². The van der Waals surface area contributed by atoms with Crippen LogP contribution in [0, 0.1) is 0 Å². The number of amides is 3. The number of pyridine rings is 1. The number of carbonyl (C=O) groups excluding carboxylic acids is 3. The van der Waals surface area contributed by atoms with Crippen molar-refractivity contribution in [1.82, 2.24) is 44.1 Å². The van der Waals surface area contributed by atoms with Gasteiger partial charge in [0.15, 0.2) is 5.69 Å². The molecule has 41 heavy (non-hydrogen) atoms. The van der Waals surface area contributed by atoms with Gasteiger partial charge in [0.1, 0.15) is 11.3 Å². The van der Waals surface area contributed by atoms with Crippen molar-refractivity contribution in [3.8, 4) is 0 Å². The maximum absolute atomic E-state index is 12.6. The van der Waals surface area contributed by atoms with E-state index in [1.807, 2.05) is 35.0 Å². The third-order valence-electron chi connectivity index (χ3n) is 7.12. The van der Waals surface area contributed by atoms with E-state index in [2.05, 4.69) is 20.5 Å². The number of fused-ring (bicyclic) bond motifs is 1. The second kappa shape index (κ2) is 11.6. The minimum absolute atomic E-state index is 0.0492. The highest BCUT2D eigenvalue weighted by Crippen LogP contribution is 2.17. The fraction of sp³-hybridized carbons (Fsp3) is 0.370. The van der Waals surface area contributed by atoms with Gasteiger partial charge in [-0.2, -0.15) is 10.2 Å². The molecule has 0 bridgehead atoms. The summed E-state index contributed by atoms with van der Waals surface area (Å²) in [7, 11) is 3.18. The number of imidazole rings is 1.